The van der Waals surface area contributed by atoms with Crippen LogP contribution in [0, 0.1) is 24.0 Å². The van der Waals surface area contributed by atoms with Gasteiger partial charge in [0.25, 0.3) is 5.69 Å². The quantitative estimate of drug-likeness (QED) is 0.181. The van der Waals surface area contributed by atoms with Crippen molar-refractivity contribution in [2.45, 2.75) is 26.3 Å². The summed E-state index contributed by atoms with van der Waals surface area (Å²) in [4.78, 5) is 15.9. The monoisotopic (exact) mass is 568 g/mol. The normalized spacial score (nSPS) is 15.0. The van der Waals surface area contributed by atoms with Crippen LogP contribution in [-0.4, -0.2) is 15.6 Å². The Bertz CT molecular complexity index is 1420. The number of nitro benzene ring substituents is 1. The minimum absolute atomic E-state index is 0. The van der Waals surface area contributed by atoms with Crippen molar-refractivity contribution < 1.29 is 4.92 Å². The lowest BCUT2D eigenvalue weighted by molar-refractivity contribution is -0.384. The van der Waals surface area contributed by atoms with Gasteiger partial charge in [0.05, 0.1) is 22.4 Å². The van der Waals surface area contributed by atoms with Crippen LogP contribution >= 0.6 is 39.9 Å². The molecular formula is C26H22BrClN4O2S. The lowest BCUT2D eigenvalue weighted by Gasteiger charge is -2.21. The zero-order chi connectivity index (χ0) is 23.8. The van der Waals surface area contributed by atoms with E-state index < -0.39 is 0 Å². The number of hydrazone groups is 1. The Morgan fingerprint density at radius 3 is 2.60 bits per heavy atom. The summed E-state index contributed by atoms with van der Waals surface area (Å²) < 4.78 is 0. The number of hydrogen-bond acceptors (Lipinski definition) is 6. The number of aryl methyl sites for hydroxylation is 2. The Morgan fingerprint density at radius 2 is 1.86 bits per heavy atom. The van der Waals surface area contributed by atoms with E-state index in [9.17, 15) is 10.1 Å². The summed E-state index contributed by atoms with van der Waals surface area (Å²) in [5, 5.41) is 21.7. The standard InChI is InChI=1S/C26H21ClN4O2S.BrH/c1-16-6-7-17(2)22(12-16)23-14-25(19-4-3-5-21(13-19)31(32)33)30(29-23)26-28-24(15-34-26)18-8-10-20(27)11-9-18;/h3-13,15,25H,14H2,1-2H3;1H. The molecule has 9 heteroatoms. The van der Waals surface area contributed by atoms with Crippen LogP contribution in [0.5, 0.6) is 0 Å². The third-order valence-electron chi connectivity index (χ3n) is 5.91. The Labute approximate surface area is 222 Å². The van der Waals surface area contributed by atoms with E-state index in [0.717, 1.165) is 44.4 Å². The number of nitro groups is 1. The summed E-state index contributed by atoms with van der Waals surface area (Å²) >= 11 is 7.54. The Balaban J connectivity index is 0.00000289. The molecule has 0 radical (unpaired) electrons. The van der Waals surface area contributed by atoms with Crippen molar-refractivity contribution >= 4 is 56.4 Å². The topological polar surface area (TPSA) is 71.6 Å². The van der Waals surface area contributed by atoms with Crippen molar-refractivity contribution in [3.05, 3.63) is 110 Å². The van der Waals surface area contributed by atoms with E-state index in [-0.39, 0.29) is 33.6 Å². The fraction of sp³-hybridized carbons (Fsp3) is 0.154. The molecule has 0 fully saturated rings. The molecule has 3 aromatic carbocycles. The van der Waals surface area contributed by atoms with Gasteiger partial charge in [0.2, 0.25) is 5.13 Å². The number of rotatable bonds is 5. The third kappa shape index (κ3) is 5.15. The van der Waals surface area contributed by atoms with Crippen molar-refractivity contribution in [2.75, 3.05) is 5.01 Å². The van der Waals surface area contributed by atoms with E-state index in [2.05, 4.69) is 32.0 Å². The zero-order valence-corrected chi connectivity index (χ0v) is 22.3. The molecule has 0 saturated heterocycles. The van der Waals surface area contributed by atoms with E-state index in [1.807, 2.05) is 40.7 Å². The lowest BCUT2D eigenvalue weighted by Crippen LogP contribution is -2.18. The maximum absolute atomic E-state index is 11.4. The molecule has 0 spiro atoms. The smallest absolute Gasteiger partial charge is 0.258 e. The van der Waals surface area contributed by atoms with Gasteiger partial charge in [-0.1, -0.05) is 53.6 Å². The van der Waals surface area contributed by atoms with Crippen molar-refractivity contribution in [3.8, 4) is 11.3 Å². The van der Waals surface area contributed by atoms with Crippen LogP contribution in [0.2, 0.25) is 5.02 Å². The average Bonchev–Trinajstić information content (AvgIpc) is 3.49. The third-order valence-corrected chi connectivity index (χ3v) is 6.99. The molecule has 178 valence electrons. The van der Waals surface area contributed by atoms with E-state index in [0.29, 0.717) is 11.4 Å². The summed E-state index contributed by atoms with van der Waals surface area (Å²) in [7, 11) is 0. The molecule has 0 amide bonds. The predicted molar refractivity (Wildman–Crippen MR) is 148 cm³/mol. The first-order chi connectivity index (χ1) is 16.4. The molecule has 1 aliphatic rings. The van der Waals surface area contributed by atoms with Gasteiger partial charge < -0.3 is 0 Å². The van der Waals surface area contributed by atoms with Crippen LogP contribution in [-0.2, 0) is 0 Å². The van der Waals surface area contributed by atoms with Crippen molar-refractivity contribution in [1.82, 2.24) is 4.98 Å². The summed E-state index contributed by atoms with van der Waals surface area (Å²) in [5.41, 5.74) is 7.05. The molecule has 1 aliphatic heterocycles. The number of thiazole rings is 1. The maximum Gasteiger partial charge on any atom is 0.269 e. The van der Waals surface area contributed by atoms with Gasteiger partial charge in [0, 0.05) is 40.1 Å². The zero-order valence-electron chi connectivity index (χ0n) is 19.0. The van der Waals surface area contributed by atoms with E-state index in [1.165, 1.54) is 17.4 Å². The van der Waals surface area contributed by atoms with Crippen LogP contribution in [0.4, 0.5) is 10.8 Å². The number of nitrogens with zero attached hydrogens (tertiary/aromatic N) is 4. The molecule has 1 unspecified atom stereocenters. The molecule has 35 heavy (non-hydrogen) atoms. The predicted octanol–water partition coefficient (Wildman–Crippen LogP) is 7.92. The van der Waals surface area contributed by atoms with Crippen LogP contribution < -0.4 is 5.01 Å². The Hall–Kier alpha value is -3.07. The SMILES string of the molecule is Br.Cc1ccc(C)c(C2=NN(c3nc(-c4ccc(Cl)cc4)cs3)C(c3cccc([N+](=O)[O-])c3)C2)c1. The molecule has 1 atom stereocenters. The molecule has 5 rings (SSSR count). The minimum atomic E-state index is -0.364. The second-order valence-electron chi connectivity index (χ2n) is 8.30. The fourth-order valence-electron chi connectivity index (χ4n) is 4.12. The second kappa shape index (κ2) is 10.3. The summed E-state index contributed by atoms with van der Waals surface area (Å²) in [5.74, 6) is 0. The van der Waals surface area contributed by atoms with Gasteiger partial charge >= 0.3 is 0 Å². The molecule has 2 heterocycles. The molecule has 6 nitrogen and oxygen atoms in total. The molecule has 0 N–H and O–H groups in total. The molecule has 4 aromatic rings. The number of aromatic nitrogens is 1. The van der Waals surface area contributed by atoms with Gasteiger partial charge in [-0.3, -0.25) is 10.1 Å². The highest BCUT2D eigenvalue weighted by Crippen LogP contribution is 2.40. The van der Waals surface area contributed by atoms with Crippen LogP contribution in [0.25, 0.3) is 11.3 Å². The number of benzene rings is 3. The van der Waals surface area contributed by atoms with Crippen LogP contribution in [0.15, 0.2) is 77.2 Å². The van der Waals surface area contributed by atoms with Crippen molar-refractivity contribution in [1.29, 1.82) is 0 Å². The van der Waals surface area contributed by atoms with E-state index in [1.54, 1.807) is 12.1 Å². The summed E-state index contributed by atoms with van der Waals surface area (Å²) in [6.45, 7) is 4.14. The van der Waals surface area contributed by atoms with E-state index in [4.69, 9.17) is 21.7 Å². The summed E-state index contributed by atoms with van der Waals surface area (Å²) in [6, 6.07) is 20.5. The lowest BCUT2D eigenvalue weighted by atomic mass is 9.95. The van der Waals surface area contributed by atoms with E-state index >= 15 is 0 Å². The first-order valence-electron chi connectivity index (χ1n) is 10.8. The Kier molecular flexibility index (Phi) is 7.35. The molecule has 0 bridgehead atoms. The molecule has 0 aliphatic carbocycles. The maximum atomic E-state index is 11.4. The second-order valence-corrected chi connectivity index (χ2v) is 9.58. The highest BCUT2D eigenvalue weighted by Gasteiger charge is 2.33. The van der Waals surface area contributed by atoms with Crippen LogP contribution in [0.1, 0.15) is 34.7 Å². The van der Waals surface area contributed by atoms with Gasteiger partial charge in [-0.2, -0.15) is 5.10 Å². The van der Waals surface area contributed by atoms with Gasteiger partial charge in [0.1, 0.15) is 0 Å². The first kappa shape index (κ1) is 25.0. The van der Waals surface area contributed by atoms with Gasteiger partial charge in [-0.25, -0.2) is 9.99 Å². The number of hydrogen-bond donors (Lipinski definition) is 0. The Morgan fingerprint density at radius 1 is 1.09 bits per heavy atom. The number of non-ortho nitro benzene ring substituents is 1. The first-order valence-corrected chi connectivity index (χ1v) is 12.0. The van der Waals surface area contributed by atoms with Gasteiger partial charge in [-0.15, -0.1) is 28.3 Å². The van der Waals surface area contributed by atoms with Gasteiger partial charge in [-0.05, 0) is 43.2 Å². The molecular weight excluding hydrogens is 548 g/mol. The highest BCUT2D eigenvalue weighted by atomic mass is 79.9. The minimum Gasteiger partial charge on any atom is -0.258 e. The van der Waals surface area contributed by atoms with Crippen LogP contribution in [0.3, 0.4) is 0 Å². The fourth-order valence-corrected chi connectivity index (χ4v) is 5.08. The molecule has 0 saturated carbocycles. The average molecular weight is 570 g/mol. The molecule has 1 aromatic heterocycles. The summed E-state index contributed by atoms with van der Waals surface area (Å²) in [6.07, 6.45) is 0.626. The van der Waals surface area contributed by atoms with Crippen molar-refractivity contribution in [3.63, 3.8) is 0 Å². The number of halogens is 2. The largest absolute Gasteiger partial charge is 0.269 e. The highest BCUT2D eigenvalue weighted by molar-refractivity contribution is 8.93. The number of anilines is 1. The van der Waals surface area contributed by atoms with Crippen molar-refractivity contribution in [2.24, 2.45) is 5.10 Å². The van der Waals surface area contributed by atoms with Gasteiger partial charge in [0.15, 0.2) is 0 Å².